The summed E-state index contributed by atoms with van der Waals surface area (Å²) in [6.45, 7) is 0.714. The lowest BCUT2D eigenvalue weighted by Gasteiger charge is -2.32. The summed E-state index contributed by atoms with van der Waals surface area (Å²) in [5.41, 5.74) is 1.66. The van der Waals surface area contributed by atoms with E-state index >= 15 is 0 Å². The number of amides is 2. The molecule has 1 unspecified atom stereocenters. The molecule has 1 aromatic heterocycles. The van der Waals surface area contributed by atoms with Crippen LogP contribution in [0.2, 0.25) is 0 Å². The van der Waals surface area contributed by atoms with Crippen LogP contribution in [0, 0.1) is 5.92 Å². The first-order chi connectivity index (χ1) is 16.5. The molecule has 2 aliphatic rings. The van der Waals surface area contributed by atoms with Crippen LogP contribution in [0.1, 0.15) is 42.2 Å². The van der Waals surface area contributed by atoms with Gasteiger partial charge in [0, 0.05) is 31.6 Å². The molecule has 0 radical (unpaired) electrons. The van der Waals surface area contributed by atoms with Gasteiger partial charge < -0.3 is 19.1 Å². The zero-order valence-corrected chi connectivity index (χ0v) is 20.7. The molecule has 0 N–H and O–H groups in total. The topological polar surface area (TPSA) is 80.7 Å². The van der Waals surface area contributed by atoms with Crippen LogP contribution in [0.4, 0.5) is 0 Å². The van der Waals surface area contributed by atoms with Crippen molar-refractivity contribution < 1.29 is 23.8 Å². The monoisotopic (exact) mass is 485 g/mol. The van der Waals surface area contributed by atoms with E-state index in [2.05, 4.69) is 0 Å². The average Bonchev–Trinajstić information content (AvgIpc) is 3.50. The van der Waals surface area contributed by atoms with Crippen molar-refractivity contribution in [1.29, 1.82) is 0 Å². The molecule has 2 amide bonds. The Morgan fingerprint density at radius 2 is 2.00 bits per heavy atom. The lowest BCUT2D eigenvalue weighted by molar-refractivity contribution is -0.146. The predicted octanol–water partition coefficient (Wildman–Crippen LogP) is 3.72. The maximum Gasteiger partial charge on any atom is 0.262 e. The predicted molar refractivity (Wildman–Crippen MR) is 130 cm³/mol. The first-order valence-corrected chi connectivity index (χ1v) is 12.4. The summed E-state index contributed by atoms with van der Waals surface area (Å²) in [7, 11) is 4.81. The minimum atomic E-state index is -0.363. The smallest absolute Gasteiger partial charge is 0.262 e. The Balaban J connectivity index is 1.63. The van der Waals surface area contributed by atoms with Crippen LogP contribution >= 0.6 is 11.3 Å². The molecule has 1 aliphatic carbocycles. The van der Waals surface area contributed by atoms with Gasteiger partial charge in [-0.05, 0) is 42.5 Å². The van der Waals surface area contributed by atoms with Gasteiger partial charge in [-0.3, -0.25) is 9.59 Å². The van der Waals surface area contributed by atoms with Gasteiger partial charge >= 0.3 is 0 Å². The van der Waals surface area contributed by atoms with Gasteiger partial charge in [0.1, 0.15) is 18.0 Å². The fourth-order valence-corrected chi connectivity index (χ4v) is 5.01. The second-order valence-corrected chi connectivity index (χ2v) is 9.42. The third-order valence-electron chi connectivity index (χ3n) is 6.42. The summed E-state index contributed by atoms with van der Waals surface area (Å²) in [6, 6.07) is 9.16. The number of hydrazone groups is 1. The zero-order chi connectivity index (χ0) is 24.1. The molecule has 0 bridgehead atoms. The van der Waals surface area contributed by atoms with E-state index in [1.54, 1.807) is 37.6 Å². The third kappa shape index (κ3) is 5.10. The number of rotatable bonds is 10. The number of hydrogen-bond acceptors (Lipinski definition) is 7. The van der Waals surface area contributed by atoms with Crippen LogP contribution in [0.15, 0.2) is 40.8 Å². The van der Waals surface area contributed by atoms with Crippen LogP contribution in [0.25, 0.3) is 0 Å². The van der Waals surface area contributed by atoms with Crippen molar-refractivity contribution in [3.8, 4) is 11.5 Å². The zero-order valence-electron chi connectivity index (χ0n) is 19.9. The standard InChI is InChI=1S/C25H31N3O5S/c1-31-12-11-27(25(30)17-6-4-7-17)16-24(29)28-21(15-20(26-28)23-8-5-13-34-23)19-14-18(32-2)9-10-22(19)33-3/h5,8-10,13-14,17,21H,4,6-7,11-12,15-16H2,1-3H3. The van der Waals surface area contributed by atoms with Gasteiger partial charge in [0.25, 0.3) is 5.91 Å². The van der Waals surface area contributed by atoms with Gasteiger partial charge in [0.05, 0.1) is 37.5 Å². The van der Waals surface area contributed by atoms with Crippen molar-refractivity contribution in [1.82, 2.24) is 9.91 Å². The lowest BCUT2D eigenvalue weighted by Crippen LogP contribution is -2.46. The van der Waals surface area contributed by atoms with Crippen molar-refractivity contribution in [2.45, 2.75) is 31.7 Å². The second-order valence-electron chi connectivity index (χ2n) is 8.47. The number of carbonyl (C=O) groups is 2. The summed E-state index contributed by atoms with van der Waals surface area (Å²) in [4.78, 5) is 29.3. The molecule has 2 aromatic rings. The fourth-order valence-electron chi connectivity index (χ4n) is 4.29. The van der Waals surface area contributed by atoms with E-state index in [9.17, 15) is 9.59 Å². The normalized spacial score (nSPS) is 17.8. The van der Waals surface area contributed by atoms with E-state index in [-0.39, 0.29) is 30.3 Å². The molecular formula is C25H31N3O5S. The molecule has 1 fully saturated rings. The highest BCUT2D eigenvalue weighted by Crippen LogP contribution is 2.40. The number of hydrogen-bond donors (Lipinski definition) is 0. The fraction of sp³-hybridized carbons (Fsp3) is 0.480. The van der Waals surface area contributed by atoms with Gasteiger partial charge in [-0.25, -0.2) is 5.01 Å². The number of ether oxygens (including phenoxy) is 3. The van der Waals surface area contributed by atoms with Crippen LogP contribution in [-0.2, 0) is 14.3 Å². The first-order valence-electron chi connectivity index (χ1n) is 11.5. The highest BCUT2D eigenvalue weighted by atomic mass is 32.1. The molecule has 9 heteroatoms. The molecule has 34 heavy (non-hydrogen) atoms. The summed E-state index contributed by atoms with van der Waals surface area (Å²) in [5, 5.41) is 8.24. The van der Waals surface area contributed by atoms with E-state index in [0.717, 1.165) is 35.4 Å². The van der Waals surface area contributed by atoms with E-state index in [1.165, 1.54) is 5.01 Å². The Hall–Kier alpha value is -2.91. The first kappa shape index (κ1) is 24.2. The minimum absolute atomic E-state index is 0.00249. The van der Waals surface area contributed by atoms with Crippen LogP contribution in [-0.4, -0.2) is 68.5 Å². The Bertz CT molecular complexity index is 1040. The summed E-state index contributed by atoms with van der Waals surface area (Å²) >= 11 is 1.59. The average molecular weight is 486 g/mol. The molecule has 2 heterocycles. The van der Waals surface area contributed by atoms with Crippen LogP contribution in [0.5, 0.6) is 11.5 Å². The molecule has 1 atom stereocenters. The number of nitrogens with zero attached hydrogens (tertiary/aromatic N) is 3. The molecular weight excluding hydrogens is 454 g/mol. The largest absolute Gasteiger partial charge is 0.497 e. The highest BCUT2D eigenvalue weighted by molar-refractivity contribution is 7.12. The molecule has 0 saturated heterocycles. The summed E-state index contributed by atoms with van der Waals surface area (Å²) in [6.07, 6.45) is 3.36. The van der Waals surface area contributed by atoms with E-state index in [1.807, 2.05) is 35.7 Å². The van der Waals surface area contributed by atoms with E-state index in [0.29, 0.717) is 31.1 Å². The molecule has 4 rings (SSSR count). The van der Waals surface area contributed by atoms with Crippen LogP contribution in [0.3, 0.4) is 0 Å². The number of benzene rings is 1. The third-order valence-corrected chi connectivity index (χ3v) is 7.34. The number of carbonyl (C=O) groups excluding carboxylic acids is 2. The minimum Gasteiger partial charge on any atom is -0.497 e. The van der Waals surface area contributed by atoms with Crippen molar-refractivity contribution in [3.63, 3.8) is 0 Å². The Labute approximate surface area is 204 Å². The lowest BCUT2D eigenvalue weighted by atomic mass is 9.84. The molecule has 8 nitrogen and oxygen atoms in total. The number of methoxy groups -OCH3 is 3. The Morgan fingerprint density at radius 3 is 2.62 bits per heavy atom. The Kier molecular flexibility index (Phi) is 7.84. The molecule has 1 aromatic carbocycles. The van der Waals surface area contributed by atoms with E-state index < -0.39 is 0 Å². The van der Waals surface area contributed by atoms with Crippen molar-refractivity contribution in [2.75, 3.05) is 41.0 Å². The van der Waals surface area contributed by atoms with Gasteiger partial charge in [-0.2, -0.15) is 5.10 Å². The van der Waals surface area contributed by atoms with Crippen molar-refractivity contribution in [2.24, 2.45) is 11.0 Å². The maximum absolute atomic E-state index is 13.6. The van der Waals surface area contributed by atoms with Gasteiger partial charge in [0.15, 0.2) is 0 Å². The second kappa shape index (κ2) is 11.0. The summed E-state index contributed by atoms with van der Waals surface area (Å²) < 4.78 is 16.2. The van der Waals surface area contributed by atoms with E-state index in [4.69, 9.17) is 19.3 Å². The Morgan fingerprint density at radius 1 is 1.18 bits per heavy atom. The molecule has 1 saturated carbocycles. The van der Waals surface area contributed by atoms with Crippen LogP contribution < -0.4 is 9.47 Å². The molecule has 1 aliphatic heterocycles. The highest BCUT2D eigenvalue weighted by Gasteiger charge is 2.37. The number of thiophene rings is 1. The van der Waals surface area contributed by atoms with Gasteiger partial charge in [0.2, 0.25) is 5.91 Å². The SMILES string of the molecule is COCCN(CC(=O)N1N=C(c2cccs2)CC1c1cc(OC)ccc1OC)C(=O)C1CCC1. The van der Waals surface area contributed by atoms with Crippen molar-refractivity contribution >= 4 is 28.9 Å². The quantitative estimate of drug-likeness (QED) is 0.512. The molecule has 0 spiro atoms. The molecule has 182 valence electrons. The van der Waals surface area contributed by atoms with Gasteiger partial charge in [-0.1, -0.05) is 12.5 Å². The van der Waals surface area contributed by atoms with Gasteiger partial charge in [-0.15, -0.1) is 11.3 Å². The maximum atomic E-state index is 13.6. The van der Waals surface area contributed by atoms with Crippen molar-refractivity contribution in [3.05, 3.63) is 46.2 Å². The summed E-state index contributed by atoms with van der Waals surface area (Å²) in [5.74, 6) is 1.13.